The van der Waals surface area contributed by atoms with Crippen molar-refractivity contribution >= 4 is 11.9 Å². The summed E-state index contributed by atoms with van der Waals surface area (Å²) in [6.45, 7) is 3.94. The summed E-state index contributed by atoms with van der Waals surface area (Å²) in [5.41, 5.74) is 0. The Hall–Kier alpha value is -0.452. The first kappa shape index (κ1) is 21.8. The molecule has 5 N–H and O–H groups in total. The maximum absolute atomic E-state index is 9.72. The fraction of sp³-hybridized carbons (Fsp3) is 0.700. The second-order valence-corrected chi connectivity index (χ2v) is 3.60. The van der Waals surface area contributed by atoms with E-state index >= 15 is 0 Å². The van der Waals surface area contributed by atoms with Crippen molar-refractivity contribution in [2.75, 3.05) is 0 Å². The molecule has 0 heterocycles. The van der Waals surface area contributed by atoms with Gasteiger partial charge in [0.25, 0.3) is 0 Å². The van der Waals surface area contributed by atoms with E-state index in [1.165, 1.54) is 25.7 Å². The van der Waals surface area contributed by atoms with Crippen molar-refractivity contribution in [3.8, 4) is 0 Å². The number of carbonyl (C=O) groups is 2. The van der Waals surface area contributed by atoms with Gasteiger partial charge in [0.2, 0.25) is 0 Å². The molecule has 0 bridgehead atoms. The van der Waals surface area contributed by atoms with Crippen LogP contribution in [0.3, 0.4) is 0 Å². The zero-order chi connectivity index (χ0) is 11.8. The van der Waals surface area contributed by atoms with Crippen LogP contribution in [0.5, 0.6) is 0 Å². The molecule has 1 rings (SSSR count). The molecule has 1 aliphatic carbocycles. The minimum Gasteiger partial charge on any atom is -0.693 e. The van der Waals surface area contributed by atoms with Gasteiger partial charge in [0.1, 0.15) is 0 Å². The van der Waals surface area contributed by atoms with Gasteiger partial charge in [-0.3, -0.25) is 4.79 Å². The summed E-state index contributed by atoms with van der Waals surface area (Å²) in [7, 11) is 0. The number of carboxylic acid groups (broad SMARTS) is 2. The van der Waals surface area contributed by atoms with Crippen molar-refractivity contribution in [2.45, 2.75) is 38.2 Å². The van der Waals surface area contributed by atoms with Crippen LogP contribution in [0.15, 0.2) is 0 Å². The standard InChI is InChI=1S/C6H11.C4H6O5.H2N.Pt/c1-6-4-2-3-5-6;5-2(4(8)9)1-3(6)7;;/h6H,1-5H2;2,5H,1H2,(H,6,7)(H,8,9);1H2;/q-1;;-1;+2. The van der Waals surface area contributed by atoms with Crippen LogP contribution in [0, 0.1) is 12.8 Å². The Balaban J connectivity index is -0.000000216. The van der Waals surface area contributed by atoms with Gasteiger partial charge in [0.05, 0.1) is 6.42 Å². The number of aliphatic carboxylic acids is 2. The summed E-state index contributed by atoms with van der Waals surface area (Å²) < 4.78 is 0. The molecule has 1 unspecified atom stereocenters. The number of rotatable bonds is 3. The number of hydrogen-bond donors (Lipinski definition) is 3. The van der Waals surface area contributed by atoms with E-state index < -0.39 is 24.5 Å². The molecule has 0 aromatic heterocycles. The number of hydrogen-bond acceptors (Lipinski definition) is 3. The van der Waals surface area contributed by atoms with E-state index in [4.69, 9.17) is 15.3 Å². The van der Waals surface area contributed by atoms with Crippen LogP contribution in [0.25, 0.3) is 6.15 Å². The molecular weight excluding hydrogens is 409 g/mol. The molecule has 17 heavy (non-hydrogen) atoms. The van der Waals surface area contributed by atoms with Crippen LogP contribution in [0.4, 0.5) is 0 Å². The van der Waals surface area contributed by atoms with Crippen LogP contribution in [-0.2, 0) is 30.7 Å². The molecule has 0 spiro atoms. The minimum atomic E-state index is -1.79. The Morgan fingerprint density at radius 3 is 1.76 bits per heavy atom. The second-order valence-electron chi connectivity index (χ2n) is 3.60. The minimum absolute atomic E-state index is 0. The van der Waals surface area contributed by atoms with Gasteiger partial charge in [0, 0.05) is 0 Å². The van der Waals surface area contributed by atoms with Gasteiger partial charge >= 0.3 is 33.0 Å². The normalized spacial score (nSPS) is 15.6. The maximum Gasteiger partial charge on any atom is 2.00 e. The topological polar surface area (TPSA) is 128 Å². The first-order chi connectivity index (χ1) is 6.93. The summed E-state index contributed by atoms with van der Waals surface area (Å²) in [6, 6.07) is 0. The van der Waals surface area contributed by atoms with Gasteiger partial charge in [-0.05, 0) is 0 Å². The van der Waals surface area contributed by atoms with Crippen molar-refractivity contribution in [1.29, 1.82) is 0 Å². The van der Waals surface area contributed by atoms with Gasteiger partial charge < -0.3 is 28.4 Å². The fourth-order valence-electron chi connectivity index (χ4n) is 1.26. The van der Waals surface area contributed by atoms with E-state index in [-0.39, 0.29) is 27.2 Å². The Morgan fingerprint density at radius 1 is 1.24 bits per heavy atom. The smallest absolute Gasteiger partial charge is 0.693 e. The largest absolute Gasteiger partial charge is 2.00 e. The van der Waals surface area contributed by atoms with E-state index in [2.05, 4.69) is 6.92 Å². The van der Waals surface area contributed by atoms with Crippen LogP contribution in [0.2, 0.25) is 0 Å². The molecule has 0 saturated heterocycles. The summed E-state index contributed by atoms with van der Waals surface area (Å²) >= 11 is 0. The predicted octanol–water partition coefficient (Wildman–Crippen LogP) is 1.63. The van der Waals surface area contributed by atoms with Crippen LogP contribution >= 0.6 is 0 Å². The number of aliphatic hydroxyl groups is 1. The third kappa shape index (κ3) is 13.5. The fourth-order valence-corrected chi connectivity index (χ4v) is 1.26. The summed E-state index contributed by atoms with van der Waals surface area (Å²) in [5, 5.41) is 24.1. The summed E-state index contributed by atoms with van der Waals surface area (Å²) in [6.07, 6.45) is 3.06. The molecule has 6 nitrogen and oxygen atoms in total. The van der Waals surface area contributed by atoms with Gasteiger partial charge in [-0.25, -0.2) is 4.79 Å². The Morgan fingerprint density at radius 2 is 1.65 bits per heavy atom. The van der Waals surface area contributed by atoms with Crippen molar-refractivity contribution in [2.24, 2.45) is 5.92 Å². The summed E-state index contributed by atoms with van der Waals surface area (Å²) in [5.74, 6) is -2.05. The van der Waals surface area contributed by atoms with E-state index in [0.29, 0.717) is 0 Å². The molecule has 7 heteroatoms. The molecule has 0 aliphatic heterocycles. The van der Waals surface area contributed by atoms with Gasteiger partial charge in [-0.2, -0.15) is 5.92 Å². The molecule has 1 atom stereocenters. The molecule has 1 aliphatic rings. The van der Waals surface area contributed by atoms with Crippen molar-refractivity contribution in [1.82, 2.24) is 0 Å². The SMILES string of the molecule is O=C(O)CC(O)C(=O)O.[CH2-]C1CCCC1.[NH2-].[Pt+2]. The number of nitrogens with two attached hydrogens (primary N) is 1. The Bertz CT molecular complexity index is 219. The van der Waals surface area contributed by atoms with Gasteiger partial charge in [-0.15, -0.1) is 0 Å². The molecule has 0 amide bonds. The molecule has 1 saturated carbocycles. The zero-order valence-corrected chi connectivity index (χ0v) is 11.7. The third-order valence-electron chi connectivity index (χ3n) is 2.13. The van der Waals surface area contributed by atoms with E-state index in [9.17, 15) is 9.59 Å². The number of carboxylic acids is 2. The monoisotopic (exact) mass is 428 g/mol. The van der Waals surface area contributed by atoms with Crippen molar-refractivity contribution < 1.29 is 46.0 Å². The second kappa shape index (κ2) is 12.0. The summed E-state index contributed by atoms with van der Waals surface area (Å²) in [4.78, 5) is 19.4. The Labute approximate surface area is 115 Å². The quantitative estimate of drug-likeness (QED) is 0.589. The average molecular weight is 428 g/mol. The first-order valence-corrected chi connectivity index (χ1v) is 4.89. The maximum atomic E-state index is 9.72. The van der Waals surface area contributed by atoms with Crippen LogP contribution < -0.4 is 0 Å². The average Bonchev–Trinajstić information content (AvgIpc) is 2.55. The molecule has 0 aromatic rings. The van der Waals surface area contributed by atoms with E-state index in [1.54, 1.807) is 0 Å². The third-order valence-corrected chi connectivity index (χ3v) is 2.13. The molecule has 0 aromatic carbocycles. The molecule has 0 radical (unpaired) electrons. The first-order valence-electron chi connectivity index (χ1n) is 4.89. The van der Waals surface area contributed by atoms with Crippen LogP contribution in [0.1, 0.15) is 32.1 Å². The van der Waals surface area contributed by atoms with Crippen LogP contribution in [-0.4, -0.2) is 33.4 Å². The number of aliphatic hydroxyl groups excluding tert-OH is 1. The predicted molar refractivity (Wildman–Crippen MR) is 58.5 cm³/mol. The Kier molecular flexibility index (Phi) is 15.4. The van der Waals surface area contributed by atoms with Gasteiger partial charge in [-0.1, -0.05) is 25.7 Å². The van der Waals surface area contributed by atoms with Gasteiger partial charge in [0.15, 0.2) is 6.10 Å². The van der Waals surface area contributed by atoms with Crippen molar-refractivity contribution in [3.63, 3.8) is 0 Å². The molecular formula is C10H19NO5Pt. The van der Waals surface area contributed by atoms with E-state index in [0.717, 1.165) is 5.92 Å². The molecule has 104 valence electrons. The van der Waals surface area contributed by atoms with E-state index in [1.807, 2.05) is 0 Å². The zero-order valence-electron chi connectivity index (χ0n) is 9.45. The van der Waals surface area contributed by atoms with Crippen molar-refractivity contribution in [3.05, 3.63) is 13.1 Å². The molecule has 1 fully saturated rings.